The Kier molecular flexibility index (Phi) is 5.03. The molecule has 2 aromatic rings. The van der Waals surface area contributed by atoms with E-state index in [1.807, 2.05) is 4.90 Å². The molecule has 0 bridgehead atoms. The van der Waals surface area contributed by atoms with Gasteiger partial charge < -0.3 is 4.90 Å². The van der Waals surface area contributed by atoms with Gasteiger partial charge in [-0.1, -0.05) is 0 Å². The van der Waals surface area contributed by atoms with Crippen molar-refractivity contribution in [3.05, 3.63) is 75.5 Å². The fourth-order valence-corrected chi connectivity index (χ4v) is 3.80. The normalized spacial score (nSPS) is 17.1. The Morgan fingerprint density at radius 1 is 0.867 bits per heavy atom. The topological polar surface area (TPSA) is 83.8 Å². The summed E-state index contributed by atoms with van der Waals surface area (Å²) in [5.74, 6) is -3.56. The third-order valence-corrected chi connectivity index (χ3v) is 5.26. The number of nitro benzene ring substituents is 1. The van der Waals surface area contributed by atoms with Crippen molar-refractivity contribution in [2.24, 2.45) is 0 Å². The minimum atomic E-state index is -1.17. The van der Waals surface area contributed by atoms with Gasteiger partial charge in [-0.3, -0.25) is 19.7 Å². The summed E-state index contributed by atoms with van der Waals surface area (Å²) in [7, 11) is 0. The molecule has 0 aromatic heterocycles. The number of hydrogen-bond donors (Lipinski definition) is 0. The van der Waals surface area contributed by atoms with Gasteiger partial charge in [-0.05, 0) is 49.1 Å². The summed E-state index contributed by atoms with van der Waals surface area (Å²) >= 11 is 0. The maximum absolute atomic E-state index is 13.8. The third kappa shape index (κ3) is 3.32. The zero-order valence-corrected chi connectivity index (χ0v) is 15.8. The number of rotatable bonds is 4. The molecule has 0 radical (unpaired) electrons. The van der Waals surface area contributed by atoms with E-state index < -0.39 is 28.4 Å². The van der Waals surface area contributed by atoms with Crippen molar-refractivity contribution in [1.82, 2.24) is 4.90 Å². The predicted octanol–water partition coefficient (Wildman–Crippen LogP) is 3.64. The molecule has 1 saturated heterocycles. The SMILES string of the molecule is O=C1C(c2ccc([N+](=O)[O-])cc2)=C(N2CCCCC2)C(=O)N1c1ccc(F)c(F)c1. The first-order valence-electron chi connectivity index (χ1n) is 9.46. The lowest BCUT2D eigenvalue weighted by atomic mass is 10.0. The van der Waals surface area contributed by atoms with Crippen LogP contribution in [0, 0.1) is 21.7 Å². The van der Waals surface area contributed by atoms with Crippen molar-refractivity contribution in [1.29, 1.82) is 0 Å². The number of anilines is 1. The average Bonchev–Trinajstić information content (AvgIpc) is 3.01. The highest BCUT2D eigenvalue weighted by atomic mass is 19.2. The number of likely N-dealkylation sites (tertiary alicyclic amines) is 1. The number of benzene rings is 2. The number of carbonyl (C=O) groups excluding carboxylic acids is 2. The van der Waals surface area contributed by atoms with Gasteiger partial charge in [-0.25, -0.2) is 13.7 Å². The summed E-state index contributed by atoms with van der Waals surface area (Å²) in [6.07, 6.45) is 2.71. The van der Waals surface area contributed by atoms with Crippen molar-refractivity contribution in [3.63, 3.8) is 0 Å². The van der Waals surface area contributed by atoms with Crippen molar-refractivity contribution >= 4 is 28.8 Å². The first-order chi connectivity index (χ1) is 14.4. The van der Waals surface area contributed by atoms with Crippen LogP contribution in [0.2, 0.25) is 0 Å². The molecular formula is C21H17F2N3O4. The van der Waals surface area contributed by atoms with Gasteiger partial charge in [-0.15, -0.1) is 0 Å². The predicted molar refractivity (Wildman–Crippen MR) is 104 cm³/mol. The minimum absolute atomic E-state index is 0.0738. The fraction of sp³-hybridized carbons (Fsp3) is 0.238. The quantitative estimate of drug-likeness (QED) is 0.434. The molecule has 0 unspecified atom stereocenters. The van der Waals surface area contributed by atoms with Crippen molar-refractivity contribution < 1.29 is 23.3 Å². The van der Waals surface area contributed by atoms with Crippen LogP contribution in [0.4, 0.5) is 20.2 Å². The van der Waals surface area contributed by atoms with Crippen LogP contribution in [-0.4, -0.2) is 34.7 Å². The third-order valence-electron chi connectivity index (χ3n) is 5.26. The monoisotopic (exact) mass is 413 g/mol. The van der Waals surface area contributed by atoms with E-state index in [4.69, 9.17) is 0 Å². The molecule has 2 amide bonds. The van der Waals surface area contributed by atoms with Crippen molar-refractivity contribution in [2.45, 2.75) is 19.3 Å². The van der Waals surface area contributed by atoms with Crippen LogP contribution in [0.15, 0.2) is 48.2 Å². The average molecular weight is 413 g/mol. The molecule has 4 rings (SSSR count). The largest absolute Gasteiger partial charge is 0.366 e. The van der Waals surface area contributed by atoms with E-state index in [0.717, 1.165) is 36.3 Å². The molecule has 0 N–H and O–H groups in total. The molecule has 154 valence electrons. The van der Waals surface area contributed by atoms with E-state index in [-0.39, 0.29) is 22.6 Å². The molecule has 2 aromatic carbocycles. The lowest BCUT2D eigenvalue weighted by Gasteiger charge is -2.29. The van der Waals surface area contributed by atoms with Gasteiger partial charge in [0.05, 0.1) is 16.2 Å². The molecule has 2 aliphatic heterocycles. The zero-order valence-electron chi connectivity index (χ0n) is 15.8. The molecule has 2 aliphatic rings. The molecule has 7 nitrogen and oxygen atoms in total. The summed E-state index contributed by atoms with van der Waals surface area (Å²) in [5, 5.41) is 10.9. The maximum atomic E-state index is 13.8. The molecular weight excluding hydrogens is 396 g/mol. The number of hydrogen-bond acceptors (Lipinski definition) is 5. The number of non-ortho nitro benzene ring substituents is 1. The van der Waals surface area contributed by atoms with Crippen LogP contribution in [0.3, 0.4) is 0 Å². The highest BCUT2D eigenvalue weighted by Crippen LogP contribution is 2.36. The van der Waals surface area contributed by atoms with Crippen LogP contribution in [0.1, 0.15) is 24.8 Å². The number of halogens is 2. The van der Waals surface area contributed by atoms with E-state index in [2.05, 4.69) is 0 Å². The van der Waals surface area contributed by atoms with Gasteiger partial charge in [0.1, 0.15) is 5.70 Å². The molecule has 0 atom stereocenters. The Bertz CT molecular complexity index is 1080. The van der Waals surface area contributed by atoms with E-state index in [1.165, 1.54) is 30.3 Å². The van der Waals surface area contributed by atoms with Crippen LogP contribution < -0.4 is 4.90 Å². The van der Waals surface area contributed by atoms with Gasteiger partial charge in [0.15, 0.2) is 11.6 Å². The number of piperidine rings is 1. The van der Waals surface area contributed by atoms with Crippen LogP contribution in [-0.2, 0) is 9.59 Å². The number of imide groups is 1. The number of amides is 2. The summed E-state index contributed by atoms with van der Waals surface area (Å²) in [6, 6.07) is 8.17. The van der Waals surface area contributed by atoms with Gasteiger partial charge >= 0.3 is 0 Å². The second-order valence-corrected chi connectivity index (χ2v) is 7.12. The molecule has 30 heavy (non-hydrogen) atoms. The first kappa shape index (κ1) is 19.7. The van der Waals surface area contributed by atoms with E-state index in [9.17, 15) is 28.5 Å². The maximum Gasteiger partial charge on any atom is 0.282 e. The fourth-order valence-electron chi connectivity index (χ4n) is 3.80. The van der Waals surface area contributed by atoms with E-state index in [1.54, 1.807) is 0 Å². The van der Waals surface area contributed by atoms with Crippen molar-refractivity contribution in [2.75, 3.05) is 18.0 Å². The van der Waals surface area contributed by atoms with E-state index in [0.29, 0.717) is 18.7 Å². The molecule has 9 heteroatoms. The van der Waals surface area contributed by atoms with Crippen LogP contribution >= 0.6 is 0 Å². The second kappa shape index (κ2) is 7.66. The Morgan fingerprint density at radius 3 is 2.13 bits per heavy atom. The smallest absolute Gasteiger partial charge is 0.282 e. The van der Waals surface area contributed by atoms with E-state index >= 15 is 0 Å². The Hall–Kier alpha value is -3.62. The Balaban J connectivity index is 1.81. The highest BCUT2D eigenvalue weighted by Gasteiger charge is 2.43. The second-order valence-electron chi connectivity index (χ2n) is 7.12. The number of carbonyl (C=O) groups is 2. The molecule has 0 aliphatic carbocycles. The Labute approximate surface area is 170 Å². The summed E-state index contributed by atoms with van der Waals surface area (Å²) in [6.45, 7) is 1.16. The minimum Gasteiger partial charge on any atom is -0.366 e. The highest BCUT2D eigenvalue weighted by molar-refractivity contribution is 6.45. The molecule has 0 spiro atoms. The molecule has 0 saturated carbocycles. The van der Waals surface area contributed by atoms with Crippen LogP contribution in [0.25, 0.3) is 5.57 Å². The number of nitrogens with zero attached hydrogens (tertiary/aromatic N) is 3. The van der Waals surface area contributed by atoms with Crippen LogP contribution in [0.5, 0.6) is 0 Å². The lowest BCUT2D eigenvalue weighted by molar-refractivity contribution is -0.384. The van der Waals surface area contributed by atoms with Gasteiger partial charge in [0.25, 0.3) is 17.5 Å². The summed E-state index contributed by atoms with van der Waals surface area (Å²) < 4.78 is 27.1. The molecule has 1 fully saturated rings. The summed E-state index contributed by atoms with van der Waals surface area (Å²) in [4.78, 5) is 39.5. The zero-order chi connectivity index (χ0) is 21.4. The van der Waals surface area contributed by atoms with Gasteiger partial charge in [-0.2, -0.15) is 0 Å². The number of nitro groups is 1. The lowest BCUT2D eigenvalue weighted by Crippen LogP contribution is -2.37. The van der Waals surface area contributed by atoms with Gasteiger partial charge in [0, 0.05) is 31.3 Å². The molecule has 2 heterocycles. The summed E-state index contributed by atoms with van der Waals surface area (Å²) in [5.41, 5.74) is 0.410. The Morgan fingerprint density at radius 2 is 1.53 bits per heavy atom. The standard InChI is InChI=1S/C21H17F2N3O4/c22-16-9-8-15(12-17(16)23)25-20(27)18(13-4-6-14(7-5-13)26(29)30)19(21(25)28)24-10-2-1-3-11-24/h4-9,12H,1-3,10-11H2. The first-order valence-corrected chi connectivity index (χ1v) is 9.46. The van der Waals surface area contributed by atoms with Gasteiger partial charge in [0.2, 0.25) is 0 Å². The van der Waals surface area contributed by atoms with Crippen molar-refractivity contribution in [3.8, 4) is 0 Å².